The zero-order valence-electron chi connectivity index (χ0n) is 14.0. The summed E-state index contributed by atoms with van der Waals surface area (Å²) in [7, 11) is -2.45. The fourth-order valence-electron chi connectivity index (χ4n) is 2.33. The van der Waals surface area contributed by atoms with Gasteiger partial charge < -0.3 is 9.26 Å². The Kier molecular flexibility index (Phi) is 5.61. The molecule has 3 rings (SSSR count). The minimum absolute atomic E-state index is 0.00709. The largest absolute Gasteiger partial charge is 0.495 e. The van der Waals surface area contributed by atoms with Gasteiger partial charge in [0.05, 0.1) is 18.5 Å². The number of aromatic nitrogens is 2. The van der Waals surface area contributed by atoms with Gasteiger partial charge in [-0.1, -0.05) is 29.7 Å². The number of thiophene rings is 1. The van der Waals surface area contributed by atoms with Crippen molar-refractivity contribution in [3.05, 3.63) is 46.6 Å². The average Bonchev–Trinajstić information content (AvgIpc) is 3.30. The van der Waals surface area contributed by atoms with E-state index in [0.29, 0.717) is 10.8 Å². The zero-order valence-corrected chi connectivity index (χ0v) is 16.4. The van der Waals surface area contributed by atoms with Crippen LogP contribution in [0, 0.1) is 0 Å². The van der Waals surface area contributed by atoms with Gasteiger partial charge in [-0.25, -0.2) is 8.42 Å². The molecular weight excluding hydrogens is 398 g/mol. The van der Waals surface area contributed by atoms with Crippen molar-refractivity contribution in [2.24, 2.45) is 0 Å². The lowest BCUT2D eigenvalue weighted by molar-refractivity contribution is 0.320. The SMILES string of the molecule is CCN(Cc1nc(-c2cccs2)no1)S(=O)(=O)c1cc(Cl)ccc1OC. The summed E-state index contributed by atoms with van der Waals surface area (Å²) in [4.78, 5) is 5.12. The van der Waals surface area contributed by atoms with Gasteiger partial charge in [0.2, 0.25) is 21.7 Å². The summed E-state index contributed by atoms with van der Waals surface area (Å²) in [5, 5.41) is 6.11. The molecule has 7 nitrogen and oxygen atoms in total. The van der Waals surface area contributed by atoms with Crippen LogP contribution in [0.3, 0.4) is 0 Å². The highest BCUT2D eigenvalue weighted by atomic mass is 35.5. The molecule has 0 bridgehead atoms. The Bertz CT molecular complexity index is 987. The van der Waals surface area contributed by atoms with Gasteiger partial charge in [0, 0.05) is 11.6 Å². The number of rotatable bonds is 7. The highest BCUT2D eigenvalue weighted by Gasteiger charge is 2.29. The van der Waals surface area contributed by atoms with E-state index in [1.54, 1.807) is 13.0 Å². The molecule has 0 N–H and O–H groups in total. The van der Waals surface area contributed by atoms with E-state index < -0.39 is 10.0 Å². The Morgan fingerprint density at radius 2 is 2.15 bits per heavy atom. The molecule has 0 spiro atoms. The van der Waals surface area contributed by atoms with Gasteiger partial charge in [0.25, 0.3) is 0 Å². The average molecular weight is 414 g/mol. The predicted octanol–water partition coefficient (Wildman–Crippen LogP) is 3.67. The monoisotopic (exact) mass is 413 g/mol. The first kappa shape index (κ1) is 18.8. The van der Waals surface area contributed by atoms with Crippen LogP contribution >= 0.6 is 22.9 Å². The Morgan fingerprint density at radius 3 is 2.81 bits per heavy atom. The summed E-state index contributed by atoms with van der Waals surface area (Å²) in [6.07, 6.45) is 0. The number of ether oxygens (including phenoxy) is 1. The van der Waals surface area contributed by atoms with E-state index in [4.69, 9.17) is 20.9 Å². The van der Waals surface area contributed by atoms with Gasteiger partial charge in [-0.2, -0.15) is 9.29 Å². The van der Waals surface area contributed by atoms with Crippen molar-refractivity contribution >= 4 is 33.0 Å². The van der Waals surface area contributed by atoms with Crippen molar-refractivity contribution in [2.45, 2.75) is 18.4 Å². The molecule has 10 heteroatoms. The first-order valence-corrected chi connectivity index (χ1v) is 10.4. The number of hydrogen-bond donors (Lipinski definition) is 0. The van der Waals surface area contributed by atoms with E-state index in [1.165, 1.54) is 34.9 Å². The van der Waals surface area contributed by atoms with Gasteiger partial charge in [-0.3, -0.25) is 0 Å². The van der Waals surface area contributed by atoms with Crippen LogP contribution in [0.15, 0.2) is 45.1 Å². The third kappa shape index (κ3) is 3.75. The van der Waals surface area contributed by atoms with E-state index in [0.717, 1.165) is 4.88 Å². The van der Waals surface area contributed by atoms with E-state index in [-0.39, 0.29) is 29.6 Å². The molecule has 0 radical (unpaired) electrons. The van der Waals surface area contributed by atoms with E-state index >= 15 is 0 Å². The van der Waals surface area contributed by atoms with Crippen molar-refractivity contribution in [1.82, 2.24) is 14.4 Å². The molecule has 0 amide bonds. The van der Waals surface area contributed by atoms with Crippen LogP contribution in [0.2, 0.25) is 5.02 Å². The van der Waals surface area contributed by atoms with Crippen molar-refractivity contribution in [1.29, 1.82) is 0 Å². The summed E-state index contributed by atoms with van der Waals surface area (Å²) in [5.74, 6) is 0.862. The predicted molar refractivity (Wildman–Crippen MR) is 98.9 cm³/mol. The number of nitrogens with zero attached hydrogens (tertiary/aromatic N) is 3. The van der Waals surface area contributed by atoms with Crippen molar-refractivity contribution in [3.8, 4) is 16.5 Å². The second-order valence-corrected chi connectivity index (χ2v) is 8.51. The van der Waals surface area contributed by atoms with Crippen LogP contribution < -0.4 is 4.74 Å². The normalized spacial score (nSPS) is 11.8. The molecule has 0 aliphatic rings. The molecule has 0 unspecified atom stereocenters. The van der Waals surface area contributed by atoms with Gasteiger partial charge in [0.1, 0.15) is 10.6 Å². The lowest BCUT2D eigenvalue weighted by atomic mass is 10.3. The minimum Gasteiger partial charge on any atom is -0.495 e. The molecule has 0 aliphatic carbocycles. The topological polar surface area (TPSA) is 85.5 Å². The maximum absolute atomic E-state index is 13.0. The third-order valence-corrected chi connectivity index (χ3v) is 6.66. The lowest BCUT2D eigenvalue weighted by Gasteiger charge is -2.20. The summed E-state index contributed by atoms with van der Waals surface area (Å²) in [5.41, 5.74) is 0. The molecule has 0 saturated heterocycles. The van der Waals surface area contributed by atoms with Crippen LogP contribution in [0.5, 0.6) is 5.75 Å². The van der Waals surface area contributed by atoms with Crippen LogP contribution in [-0.2, 0) is 16.6 Å². The molecule has 0 aliphatic heterocycles. The third-order valence-electron chi connectivity index (χ3n) is 3.62. The van der Waals surface area contributed by atoms with Crippen LogP contribution in [-0.4, -0.2) is 36.5 Å². The zero-order chi connectivity index (χ0) is 18.7. The molecule has 0 atom stereocenters. The molecule has 26 heavy (non-hydrogen) atoms. The maximum atomic E-state index is 13.0. The van der Waals surface area contributed by atoms with E-state index in [1.807, 2.05) is 17.5 Å². The van der Waals surface area contributed by atoms with Gasteiger partial charge in [-0.05, 0) is 29.6 Å². The van der Waals surface area contributed by atoms with Crippen LogP contribution in [0.25, 0.3) is 10.7 Å². The molecule has 2 aromatic heterocycles. The van der Waals surface area contributed by atoms with E-state index in [2.05, 4.69) is 10.1 Å². The highest BCUT2D eigenvalue weighted by molar-refractivity contribution is 7.89. The Balaban J connectivity index is 1.90. The van der Waals surface area contributed by atoms with Crippen molar-refractivity contribution in [2.75, 3.05) is 13.7 Å². The van der Waals surface area contributed by atoms with Gasteiger partial charge >= 0.3 is 0 Å². The summed E-state index contributed by atoms with van der Waals surface area (Å²) in [6, 6.07) is 8.20. The van der Waals surface area contributed by atoms with Gasteiger partial charge in [0.15, 0.2) is 0 Å². The Labute approximate surface area is 160 Å². The first-order chi connectivity index (χ1) is 12.5. The van der Waals surface area contributed by atoms with Gasteiger partial charge in [-0.15, -0.1) is 11.3 Å². The van der Waals surface area contributed by atoms with E-state index in [9.17, 15) is 8.42 Å². The molecule has 0 saturated carbocycles. The number of benzene rings is 1. The minimum atomic E-state index is -3.86. The fourth-order valence-corrected chi connectivity index (χ4v) is 4.80. The molecule has 138 valence electrons. The summed E-state index contributed by atoms with van der Waals surface area (Å²) < 4.78 is 37.7. The lowest BCUT2D eigenvalue weighted by Crippen LogP contribution is -2.31. The molecular formula is C16H16ClN3O4S2. The fraction of sp³-hybridized carbons (Fsp3) is 0.250. The Morgan fingerprint density at radius 1 is 1.35 bits per heavy atom. The van der Waals surface area contributed by atoms with Crippen molar-refractivity contribution in [3.63, 3.8) is 0 Å². The Hall–Kier alpha value is -1.94. The molecule has 1 aromatic carbocycles. The second kappa shape index (κ2) is 7.75. The molecule has 3 aromatic rings. The highest BCUT2D eigenvalue weighted by Crippen LogP contribution is 2.30. The number of methoxy groups -OCH3 is 1. The summed E-state index contributed by atoms with van der Waals surface area (Å²) >= 11 is 7.44. The second-order valence-electron chi connectivity index (χ2n) is 5.22. The molecule has 2 heterocycles. The molecule has 0 fully saturated rings. The maximum Gasteiger partial charge on any atom is 0.247 e. The number of sulfonamides is 1. The summed E-state index contributed by atoms with van der Waals surface area (Å²) in [6.45, 7) is 1.90. The van der Waals surface area contributed by atoms with Crippen LogP contribution in [0.4, 0.5) is 0 Å². The number of hydrogen-bond acceptors (Lipinski definition) is 7. The van der Waals surface area contributed by atoms with Crippen LogP contribution in [0.1, 0.15) is 12.8 Å². The standard InChI is InChI=1S/C16H16ClN3O4S2/c1-3-20(10-15-18-16(19-24-15)13-5-4-8-25-13)26(21,22)14-9-11(17)6-7-12(14)23-2/h4-9H,3,10H2,1-2H3. The number of halogens is 1. The quantitative estimate of drug-likeness (QED) is 0.587. The first-order valence-electron chi connectivity index (χ1n) is 7.66. The van der Waals surface area contributed by atoms with Crippen molar-refractivity contribution < 1.29 is 17.7 Å². The smallest absolute Gasteiger partial charge is 0.247 e.